The molecule has 0 aromatic rings. The lowest BCUT2D eigenvalue weighted by Gasteiger charge is -2.26. The van der Waals surface area contributed by atoms with Crippen molar-refractivity contribution in [2.75, 3.05) is 6.61 Å². The minimum absolute atomic E-state index is 0.161. The summed E-state index contributed by atoms with van der Waals surface area (Å²) in [6, 6.07) is -0.811. The van der Waals surface area contributed by atoms with Crippen LogP contribution in [-0.2, 0) is 4.79 Å². The summed E-state index contributed by atoms with van der Waals surface area (Å²) in [7, 11) is 0. The highest BCUT2D eigenvalue weighted by molar-refractivity contribution is 5.76. The Hall–Kier alpha value is -0.910. The van der Waals surface area contributed by atoms with Gasteiger partial charge in [-0.2, -0.15) is 0 Å². The van der Waals surface area contributed by atoms with Gasteiger partial charge in [0.15, 0.2) is 0 Å². The van der Waals surface area contributed by atoms with E-state index < -0.39 is 18.2 Å². The molecular weight excluding hydrogens is 522 g/mol. The smallest absolute Gasteiger partial charge is 0.220 e. The maximum absolute atomic E-state index is 12.3. The van der Waals surface area contributed by atoms with Crippen LogP contribution in [0, 0.1) is 0 Å². The van der Waals surface area contributed by atoms with Crippen molar-refractivity contribution in [2.24, 2.45) is 0 Å². The van der Waals surface area contributed by atoms with E-state index in [0.29, 0.717) is 12.8 Å². The van der Waals surface area contributed by atoms with E-state index >= 15 is 0 Å². The molecule has 0 heterocycles. The standard InChI is InChI=1S/C37H73NO4/c1-3-5-7-9-11-13-15-17-18-20-21-23-25-27-29-31-35(40)37(42)34(33-39)38-36(41)32-30-28-26-24-22-19-16-14-12-10-8-6-4-2/h19,22,34-35,37,39-40,42H,3-18,20-21,23-33H2,1-2H3,(H,38,41)/b22-19-. The molecule has 250 valence electrons. The summed E-state index contributed by atoms with van der Waals surface area (Å²) in [5, 5.41) is 33.3. The molecule has 0 aliphatic carbocycles. The Morgan fingerprint density at radius 1 is 0.571 bits per heavy atom. The molecule has 0 saturated heterocycles. The first kappa shape index (κ1) is 41.1. The first-order chi connectivity index (χ1) is 20.6. The lowest BCUT2D eigenvalue weighted by molar-refractivity contribution is -0.124. The van der Waals surface area contributed by atoms with Crippen molar-refractivity contribution < 1.29 is 20.1 Å². The van der Waals surface area contributed by atoms with Crippen molar-refractivity contribution in [3.63, 3.8) is 0 Å². The average molecular weight is 596 g/mol. The molecule has 0 radical (unpaired) electrons. The SMILES string of the molecule is CCCCCCCC/C=C\CCCCCC(=O)NC(CO)C(O)C(O)CCCCCCCCCCCCCCCCC. The summed E-state index contributed by atoms with van der Waals surface area (Å²) in [5.41, 5.74) is 0. The van der Waals surface area contributed by atoms with Crippen LogP contribution in [0.15, 0.2) is 12.2 Å². The van der Waals surface area contributed by atoms with Crippen molar-refractivity contribution in [3.05, 3.63) is 12.2 Å². The molecule has 0 aliphatic rings. The minimum Gasteiger partial charge on any atom is -0.394 e. The molecule has 0 aromatic heterocycles. The van der Waals surface area contributed by atoms with Crippen LogP contribution in [-0.4, -0.2) is 46.1 Å². The zero-order valence-corrected chi connectivity index (χ0v) is 28.1. The van der Waals surface area contributed by atoms with Gasteiger partial charge in [-0.3, -0.25) is 4.79 Å². The predicted molar refractivity (Wildman–Crippen MR) is 181 cm³/mol. The Bertz CT molecular complexity index is 582. The molecule has 4 N–H and O–H groups in total. The van der Waals surface area contributed by atoms with E-state index in [9.17, 15) is 20.1 Å². The van der Waals surface area contributed by atoms with Gasteiger partial charge in [-0.1, -0.05) is 161 Å². The maximum Gasteiger partial charge on any atom is 0.220 e. The molecule has 42 heavy (non-hydrogen) atoms. The van der Waals surface area contributed by atoms with Gasteiger partial charge >= 0.3 is 0 Å². The lowest BCUT2D eigenvalue weighted by atomic mass is 9.99. The first-order valence-electron chi connectivity index (χ1n) is 18.5. The average Bonchev–Trinajstić information content (AvgIpc) is 2.99. The molecule has 5 heteroatoms. The van der Waals surface area contributed by atoms with E-state index in [0.717, 1.165) is 44.9 Å². The number of hydrogen-bond acceptors (Lipinski definition) is 4. The highest BCUT2D eigenvalue weighted by atomic mass is 16.3. The number of aliphatic hydroxyl groups is 3. The van der Waals surface area contributed by atoms with E-state index in [-0.39, 0.29) is 12.5 Å². The molecule has 5 nitrogen and oxygen atoms in total. The van der Waals surface area contributed by atoms with Gasteiger partial charge < -0.3 is 20.6 Å². The van der Waals surface area contributed by atoms with Gasteiger partial charge in [-0.15, -0.1) is 0 Å². The molecule has 0 spiro atoms. The molecule has 0 saturated carbocycles. The highest BCUT2D eigenvalue weighted by Crippen LogP contribution is 2.15. The van der Waals surface area contributed by atoms with E-state index in [1.165, 1.54) is 122 Å². The van der Waals surface area contributed by atoms with E-state index in [1.54, 1.807) is 0 Å². The van der Waals surface area contributed by atoms with Gasteiger partial charge in [-0.05, 0) is 38.5 Å². The molecule has 3 unspecified atom stereocenters. The van der Waals surface area contributed by atoms with Crippen molar-refractivity contribution in [2.45, 2.75) is 212 Å². The summed E-state index contributed by atoms with van der Waals surface area (Å²) in [4.78, 5) is 12.3. The van der Waals surface area contributed by atoms with Crippen LogP contribution in [0.2, 0.25) is 0 Å². The number of carbonyl (C=O) groups is 1. The topological polar surface area (TPSA) is 89.8 Å². The van der Waals surface area contributed by atoms with Gasteiger partial charge in [-0.25, -0.2) is 0 Å². The molecular formula is C37H73NO4. The van der Waals surface area contributed by atoms with Crippen LogP contribution < -0.4 is 5.32 Å². The van der Waals surface area contributed by atoms with Crippen molar-refractivity contribution >= 4 is 5.91 Å². The number of allylic oxidation sites excluding steroid dienone is 2. The molecule has 0 aromatic carbocycles. The van der Waals surface area contributed by atoms with Gasteiger partial charge in [0.05, 0.1) is 18.8 Å². The second-order valence-electron chi connectivity index (χ2n) is 12.8. The van der Waals surface area contributed by atoms with Gasteiger partial charge in [0.1, 0.15) is 6.10 Å². The third kappa shape index (κ3) is 27.9. The summed E-state index contributed by atoms with van der Waals surface area (Å²) in [6.45, 7) is 4.15. The monoisotopic (exact) mass is 596 g/mol. The molecule has 1 amide bonds. The van der Waals surface area contributed by atoms with Crippen molar-refractivity contribution in [1.82, 2.24) is 5.32 Å². The zero-order valence-electron chi connectivity index (χ0n) is 28.1. The van der Waals surface area contributed by atoms with Crippen molar-refractivity contribution in [3.8, 4) is 0 Å². The minimum atomic E-state index is -1.14. The van der Waals surface area contributed by atoms with Crippen LogP contribution in [0.4, 0.5) is 0 Å². The summed E-state index contributed by atoms with van der Waals surface area (Å²) >= 11 is 0. The lowest BCUT2D eigenvalue weighted by Crippen LogP contribution is -2.50. The summed E-state index contributed by atoms with van der Waals surface area (Å²) < 4.78 is 0. The first-order valence-corrected chi connectivity index (χ1v) is 18.5. The molecule has 0 bridgehead atoms. The third-order valence-electron chi connectivity index (χ3n) is 8.62. The molecule has 0 aliphatic heterocycles. The largest absolute Gasteiger partial charge is 0.394 e. The van der Waals surface area contributed by atoms with E-state index in [2.05, 4.69) is 31.3 Å². The van der Waals surface area contributed by atoms with Crippen molar-refractivity contribution in [1.29, 1.82) is 0 Å². The highest BCUT2D eigenvalue weighted by Gasteiger charge is 2.26. The predicted octanol–water partition coefficient (Wildman–Crippen LogP) is 9.70. The number of unbranched alkanes of at least 4 members (excludes halogenated alkanes) is 23. The molecule has 3 atom stereocenters. The quantitative estimate of drug-likeness (QED) is 0.0449. The molecule has 0 rings (SSSR count). The summed E-state index contributed by atoms with van der Waals surface area (Å²) in [6.07, 6.45) is 35.8. The number of aliphatic hydroxyl groups excluding tert-OH is 3. The fourth-order valence-electron chi connectivity index (χ4n) is 5.68. The number of rotatable bonds is 33. The maximum atomic E-state index is 12.3. The Balaban J connectivity index is 3.70. The van der Waals surface area contributed by atoms with E-state index in [4.69, 9.17) is 0 Å². The van der Waals surface area contributed by atoms with Crippen LogP contribution >= 0.6 is 0 Å². The van der Waals surface area contributed by atoms with E-state index in [1.807, 2.05) is 0 Å². The number of carbonyl (C=O) groups excluding carboxylic acids is 1. The third-order valence-corrected chi connectivity index (χ3v) is 8.62. The van der Waals surface area contributed by atoms with Gasteiger partial charge in [0.2, 0.25) is 5.91 Å². The van der Waals surface area contributed by atoms with Crippen LogP contribution in [0.25, 0.3) is 0 Å². The van der Waals surface area contributed by atoms with Gasteiger partial charge in [0, 0.05) is 6.42 Å². The second kappa shape index (κ2) is 33.0. The van der Waals surface area contributed by atoms with Crippen LogP contribution in [0.1, 0.15) is 194 Å². The Labute approximate surface area is 261 Å². The molecule has 0 fully saturated rings. The van der Waals surface area contributed by atoms with Crippen LogP contribution in [0.5, 0.6) is 0 Å². The number of hydrogen-bond donors (Lipinski definition) is 4. The van der Waals surface area contributed by atoms with Gasteiger partial charge in [0.25, 0.3) is 0 Å². The Kier molecular flexibility index (Phi) is 32.3. The number of amides is 1. The summed E-state index contributed by atoms with van der Waals surface area (Å²) in [5.74, 6) is -0.161. The fraction of sp³-hybridized carbons (Fsp3) is 0.919. The zero-order chi connectivity index (χ0) is 30.9. The Morgan fingerprint density at radius 3 is 1.38 bits per heavy atom. The van der Waals surface area contributed by atoms with Crippen LogP contribution in [0.3, 0.4) is 0 Å². The fourth-order valence-corrected chi connectivity index (χ4v) is 5.68. The second-order valence-corrected chi connectivity index (χ2v) is 12.8. The normalized spacial score (nSPS) is 13.9. The number of nitrogens with one attached hydrogen (secondary N) is 1. The Morgan fingerprint density at radius 2 is 0.952 bits per heavy atom.